The van der Waals surface area contributed by atoms with Crippen molar-refractivity contribution in [3.63, 3.8) is 0 Å². The van der Waals surface area contributed by atoms with Crippen LogP contribution in [0.3, 0.4) is 0 Å². The first-order valence-corrected chi connectivity index (χ1v) is 8.88. The van der Waals surface area contributed by atoms with Gasteiger partial charge >= 0.3 is 0 Å². The number of rotatable bonds is 7. The van der Waals surface area contributed by atoms with E-state index < -0.39 is 0 Å². The molecule has 2 aromatic carbocycles. The number of fused-ring (bicyclic) bond motifs is 1. The molecule has 0 spiro atoms. The minimum Gasteiger partial charge on any atom is -0.493 e. The van der Waals surface area contributed by atoms with Gasteiger partial charge in [0, 0.05) is 0 Å². The summed E-state index contributed by atoms with van der Waals surface area (Å²) in [5.41, 5.74) is 5.90. The highest BCUT2D eigenvalue weighted by Gasteiger charge is 2.10. The van der Waals surface area contributed by atoms with Gasteiger partial charge in [-0.2, -0.15) is 0 Å². The van der Waals surface area contributed by atoms with E-state index >= 15 is 0 Å². The molecule has 0 amide bonds. The van der Waals surface area contributed by atoms with Crippen molar-refractivity contribution in [1.82, 2.24) is 9.55 Å². The highest BCUT2D eigenvalue weighted by Crippen LogP contribution is 2.28. The van der Waals surface area contributed by atoms with Crippen molar-refractivity contribution in [1.29, 1.82) is 0 Å². The minimum atomic E-state index is 0.552. The van der Waals surface area contributed by atoms with Crippen LogP contribution in [0.4, 0.5) is 0 Å². The van der Waals surface area contributed by atoms with Gasteiger partial charge in [-0.05, 0) is 68.1 Å². The zero-order valence-electron chi connectivity index (χ0n) is 16.0. The van der Waals surface area contributed by atoms with Crippen LogP contribution in [0.5, 0.6) is 11.5 Å². The lowest BCUT2D eigenvalue weighted by atomic mass is 10.1. The smallest absolute Gasteiger partial charge is 0.161 e. The monoisotopic (exact) mass is 350 g/mol. The topological polar surface area (TPSA) is 36.3 Å². The molecule has 0 bridgehead atoms. The molecule has 0 aliphatic rings. The molecule has 0 radical (unpaired) electrons. The molecular formula is C22H26N2O2. The molecule has 3 aromatic rings. The fourth-order valence-corrected chi connectivity index (χ4v) is 3.15. The molecule has 0 atom stereocenters. The fraction of sp³-hybridized carbons (Fsp3) is 0.318. The number of hydrogen-bond donors (Lipinski definition) is 0. The second-order valence-electron chi connectivity index (χ2n) is 6.56. The van der Waals surface area contributed by atoms with Crippen LogP contribution in [0.15, 0.2) is 43.0 Å². The first-order valence-electron chi connectivity index (χ1n) is 8.88. The minimum absolute atomic E-state index is 0.552. The lowest BCUT2D eigenvalue weighted by Gasteiger charge is -2.13. The molecule has 136 valence electrons. The van der Waals surface area contributed by atoms with Crippen molar-refractivity contribution >= 4 is 11.0 Å². The van der Waals surface area contributed by atoms with Crippen LogP contribution in [0.1, 0.15) is 22.5 Å². The van der Waals surface area contributed by atoms with E-state index in [0.29, 0.717) is 6.61 Å². The van der Waals surface area contributed by atoms with Gasteiger partial charge in [-0.15, -0.1) is 6.58 Å². The fourth-order valence-electron chi connectivity index (χ4n) is 3.15. The summed E-state index contributed by atoms with van der Waals surface area (Å²) in [4.78, 5) is 4.68. The van der Waals surface area contributed by atoms with E-state index in [2.05, 4.69) is 42.1 Å². The van der Waals surface area contributed by atoms with Gasteiger partial charge in [-0.1, -0.05) is 12.1 Å². The Labute approximate surface area is 155 Å². The second-order valence-corrected chi connectivity index (χ2v) is 6.56. The van der Waals surface area contributed by atoms with E-state index in [0.717, 1.165) is 46.9 Å². The number of benzene rings is 2. The molecular weight excluding hydrogens is 324 g/mol. The number of aromatic nitrogens is 2. The summed E-state index contributed by atoms with van der Waals surface area (Å²) in [6.07, 6.45) is 2.70. The van der Waals surface area contributed by atoms with Gasteiger partial charge in [0.15, 0.2) is 11.5 Å². The van der Waals surface area contributed by atoms with Gasteiger partial charge in [0.1, 0.15) is 12.4 Å². The summed E-state index contributed by atoms with van der Waals surface area (Å²) in [6.45, 7) is 11.4. The summed E-state index contributed by atoms with van der Waals surface area (Å²) in [7, 11) is 1.67. The number of methoxy groups -OCH3 is 1. The Morgan fingerprint density at radius 3 is 2.58 bits per heavy atom. The zero-order valence-corrected chi connectivity index (χ0v) is 16.0. The maximum atomic E-state index is 5.99. The quantitative estimate of drug-likeness (QED) is 0.576. The van der Waals surface area contributed by atoms with E-state index in [1.54, 1.807) is 7.11 Å². The number of imidazole rings is 1. The van der Waals surface area contributed by atoms with E-state index in [4.69, 9.17) is 9.47 Å². The molecule has 0 fully saturated rings. The maximum absolute atomic E-state index is 5.99. The van der Waals surface area contributed by atoms with Crippen LogP contribution >= 0.6 is 0 Å². The summed E-state index contributed by atoms with van der Waals surface area (Å²) >= 11 is 0. The Bertz CT molecular complexity index is 941. The highest BCUT2D eigenvalue weighted by molar-refractivity contribution is 5.78. The Balaban J connectivity index is 1.76. The SMILES string of the molecule is C=CCc1ccc(OCCn2c(C)nc3cc(C)c(C)cc32)c(OC)c1. The maximum Gasteiger partial charge on any atom is 0.161 e. The van der Waals surface area contributed by atoms with Crippen molar-refractivity contribution in [2.24, 2.45) is 0 Å². The molecule has 3 rings (SSSR count). The van der Waals surface area contributed by atoms with Crippen LogP contribution in [0, 0.1) is 20.8 Å². The molecule has 4 nitrogen and oxygen atoms in total. The molecule has 26 heavy (non-hydrogen) atoms. The van der Waals surface area contributed by atoms with Gasteiger partial charge in [-0.25, -0.2) is 4.98 Å². The van der Waals surface area contributed by atoms with E-state index in [1.165, 1.54) is 11.1 Å². The Morgan fingerprint density at radius 2 is 1.85 bits per heavy atom. The van der Waals surface area contributed by atoms with E-state index in [1.807, 2.05) is 31.2 Å². The van der Waals surface area contributed by atoms with Crippen LogP contribution in [-0.4, -0.2) is 23.3 Å². The van der Waals surface area contributed by atoms with Crippen molar-refractivity contribution in [3.8, 4) is 11.5 Å². The Hall–Kier alpha value is -2.75. The Morgan fingerprint density at radius 1 is 1.08 bits per heavy atom. The van der Waals surface area contributed by atoms with Gasteiger partial charge in [-0.3, -0.25) is 0 Å². The molecule has 0 saturated heterocycles. The number of allylic oxidation sites excluding steroid dienone is 1. The first-order chi connectivity index (χ1) is 12.5. The van der Waals surface area contributed by atoms with Crippen LogP contribution in [0.2, 0.25) is 0 Å². The van der Waals surface area contributed by atoms with Crippen molar-refractivity contribution in [2.75, 3.05) is 13.7 Å². The predicted octanol–water partition coefficient (Wildman–Crippen LogP) is 4.78. The molecule has 0 aliphatic carbocycles. The van der Waals surface area contributed by atoms with E-state index in [-0.39, 0.29) is 0 Å². The average Bonchev–Trinajstić information content (AvgIpc) is 2.91. The largest absolute Gasteiger partial charge is 0.493 e. The third-order valence-corrected chi connectivity index (χ3v) is 4.74. The molecule has 0 N–H and O–H groups in total. The second kappa shape index (κ2) is 7.65. The average molecular weight is 350 g/mol. The molecule has 0 saturated carbocycles. The molecule has 1 aromatic heterocycles. The number of aryl methyl sites for hydroxylation is 3. The van der Waals surface area contributed by atoms with Gasteiger partial charge in [0.2, 0.25) is 0 Å². The van der Waals surface area contributed by atoms with Gasteiger partial charge in [0.05, 0.1) is 24.7 Å². The lowest BCUT2D eigenvalue weighted by molar-refractivity contribution is 0.280. The van der Waals surface area contributed by atoms with Crippen molar-refractivity contribution in [3.05, 3.63) is 65.5 Å². The summed E-state index contributed by atoms with van der Waals surface area (Å²) in [5.74, 6) is 2.51. The Kier molecular flexibility index (Phi) is 5.31. The first kappa shape index (κ1) is 18.1. The standard InChI is InChI=1S/C22H26N2O2/c1-6-7-18-8-9-21(22(14-18)25-5)26-11-10-24-17(4)23-19-12-15(2)16(3)13-20(19)24/h6,8-9,12-14H,1,7,10-11H2,2-5H3. The van der Waals surface area contributed by atoms with E-state index in [9.17, 15) is 0 Å². The highest BCUT2D eigenvalue weighted by atomic mass is 16.5. The number of nitrogens with zero attached hydrogens (tertiary/aromatic N) is 2. The predicted molar refractivity (Wildman–Crippen MR) is 106 cm³/mol. The lowest BCUT2D eigenvalue weighted by Crippen LogP contribution is -2.10. The summed E-state index contributed by atoms with van der Waals surface area (Å²) < 4.78 is 13.7. The number of hydrogen-bond acceptors (Lipinski definition) is 3. The van der Waals surface area contributed by atoms with Crippen molar-refractivity contribution in [2.45, 2.75) is 33.7 Å². The summed E-state index contributed by atoms with van der Waals surface area (Å²) in [5, 5.41) is 0. The van der Waals surface area contributed by atoms with Gasteiger partial charge in [0.25, 0.3) is 0 Å². The zero-order chi connectivity index (χ0) is 18.7. The normalized spacial score (nSPS) is 10.9. The van der Waals surface area contributed by atoms with Gasteiger partial charge < -0.3 is 14.0 Å². The third kappa shape index (κ3) is 3.59. The molecule has 4 heteroatoms. The van der Waals surface area contributed by atoms with Crippen LogP contribution in [0.25, 0.3) is 11.0 Å². The number of ether oxygens (including phenoxy) is 2. The molecule has 0 unspecified atom stereocenters. The third-order valence-electron chi connectivity index (χ3n) is 4.74. The van der Waals surface area contributed by atoms with Crippen molar-refractivity contribution < 1.29 is 9.47 Å². The molecule has 0 aliphatic heterocycles. The summed E-state index contributed by atoms with van der Waals surface area (Å²) in [6, 6.07) is 10.4. The van der Waals surface area contributed by atoms with Crippen LogP contribution < -0.4 is 9.47 Å². The van der Waals surface area contributed by atoms with Crippen LogP contribution in [-0.2, 0) is 13.0 Å². The molecule has 1 heterocycles.